The Hall–Kier alpha value is -2.26. The molecule has 1 atom stereocenters. The number of nitrogens with zero attached hydrogens (tertiary/aromatic N) is 2. The predicted octanol–water partition coefficient (Wildman–Crippen LogP) is 4.18. The number of nitrogens with one attached hydrogen (secondary N) is 1. The molecule has 0 radical (unpaired) electrons. The van der Waals surface area contributed by atoms with Gasteiger partial charge in [0.2, 0.25) is 15.9 Å². The summed E-state index contributed by atoms with van der Waals surface area (Å²) >= 11 is 7.40. The average Bonchev–Trinajstić information content (AvgIpc) is 3.39. The maximum Gasteiger partial charge on any atom is 0.244 e. The number of benzene rings is 2. The highest BCUT2D eigenvalue weighted by Crippen LogP contribution is 2.28. The molecule has 156 valence electrons. The average molecular weight is 462 g/mol. The lowest BCUT2D eigenvalue weighted by atomic mass is 10.1. The van der Waals surface area contributed by atoms with E-state index >= 15 is 0 Å². The third kappa shape index (κ3) is 4.57. The van der Waals surface area contributed by atoms with E-state index in [-0.39, 0.29) is 10.8 Å². The zero-order valence-corrected chi connectivity index (χ0v) is 18.4. The molecule has 2 aromatic carbocycles. The first-order chi connectivity index (χ1) is 14.4. The smallest absolute Gasteiger partial charge is 0.244 e. The van der Waals surface area contributed by atoms with Gasteiger partial charge in [-0.1, -0.05) is 41.9 Å². The summed E-state index contributed by atoms with van der Waals surface area (Å²) in [6.45, 7) is 0.327. The van der Waals surface area contributed by atoms with Gasteiger partial charge in [0.15, 0.2) is 5.13 Å². The minimum absolute atomic E-state index is 0.197. The Labute approximate surface area is 184 Å². The van der Waals surface area contributed by atoms with Crippen LogP contribution in [-0.4, -0.2) is 36.2 Å². The quantitative estimate of drug-likeness (QED) is 0.597. The molecule has 1 aromatic heterocycles. The molecule has 1 fully saturated rings. The number of aromatic nitrogens is 1. The molecule has 1 N–H and O–H groups in total. The van der Waals surface area contributed by atoms with Crippen LogP contribution in [0.4, 0.5) is 5.13 Å². The zero-order valence-electron chi connectivity index (χ0n) is 16.0. The second-order valence-corrected chi connectivity index (χ2v) is 10.5. The standard InChI is InChI=1S/C21H20ClN3O3S2/c22-16-7-4-6-15(12-16)13-17-14-23-21(29-17)24-20(26)19-10-5-11-25(19)30(27,28)18-8-2-1-3-9-18/h1-4,6-9,12,14,19H,5,10-11,13H2,(H,23,24,26). The molecule has 2 heterocycles. The first-order valence-electron chi connectivity index (χ1n) is 9.50. The summed E-state index contributed by atoms with van der Waals surface area (Å²) in [5, 5.41) is 3.92. The number of halogens is 1. The van der Waals surface area contributed by atoms with E-state index in [2.05, 4.69) is 10.3 Å². The van der Waals surface area contributed by atoms with Gasteiger partial charge in [0.1, 0.15) is 6.04 Å². The number of anilines is 1. The third-order valence-corrected chi connectivity index (χ3v) is 7.98. The predicted molar refractivity (Wildman–Crippen MR) is 118 cm³/mol. The van der Waals surface area contributed by atoms with Crippen molar-refractivity contribution in [3.05, 3.63) is 76.3 Å². The van der Waals surface area contributed by atoms with Crippen molar-refractivity contribution < 1.29 is 13.2 Å². The maximum absolute atomic E-state index is 13.0. The fourth-order valence-electron chi connectivity index (χ4n) is 3.50. The summed E-state index contributed by atoms with van der Waals surface area (Å²) in [6, 6.07) is 15.1. The van der Waals surface area contributed by atoms with Gasteiger partial charge in [-0.05, 0) is 42.7 Å². The van der Waals surface area contributed by atoms with Crippen molar-refractivity contribution in [3.8, 4) is 0 Å². The summed E-state index contributed by atoms with van der Waals surface area (Å²) in [7, 11) is -3.72. The Bertz CT molecular complexity index is 1150. The molecule has 1 saturated heterocycles. The minimum Gasteiger partial charge on any atom is -0.301 e. The molecule has 30 heavy (non-hydrogen) atoms. The third-order valence-electron chi connectivity index (χ3n) is 4.91. The van der Waals surface area contributed by atoms with Gasteiger partial charge < -0.3 is 5.32 Å². The van der Waals surface area contributed by atoms with Crippen LogP contribution in [0.25, 0.3) is 0 Å². The van der Waals surface area contributed by atoms with E-state index < -0.39 is 16.1 Å². The van der Waals surface area contributed by atoms with E-state index in [1.54, 1.807) is 36.5 Å². The fraction of sp³-hybridized carbons (Fsp3) is 0.238. The van der Waals surface area contributed by atoms with E-state index in [1.165, 1.54) is 15.6 Å². The number of rotatable bonds is 6. The van der Waals surface area contributed by atoms with Gasteiger partial charge in [-0.2, -0.15) is 4.31 Å². The van der Waals surface area contributed by atoms with E-state index in [0.717, 1.165) is 10.4 Å². The van der Waals surface area contributed by atoms with Gasteiger partial charge in [-0.3, -0.25) is 4.79 Å². The molecule has 0 spiro atoms. The van der Waals surface area contributed by atoms with Crippen LogP contribution in [0.5, 0.6) is 0 Å². The molecule has 3 aromatic rings. The van der Waals surface area contributed by atoms with Crippen molar-refractivity contribution in [2.24, 2.45) is 0 Å². The summed E-state index contributed by atoms with van der Waals surface area (Å²) in [6.07, 6.45) is 3.50. The van der Waals surface area contributed by atoms with E-state index in [9.17, 15) is 13.2 Å². The molecule has 1 aliphatic rings. The SMILES string of the molecule is O=C(Nc1ncc(Cc2cccc(Cl)c2)s1)C1CCCN1S(=O)(=O)c1ccccc1. The highest BCUT2D eigenvalue weighted by molar-refractivity contribution is 7.89. The number of hydrogen-bond donors (Lipinski definition) is 1. The number of thiazole rings is 1. The number of sulfonamides is 1. The van der Waals surface area contributed by atoms with Gasteiger partial charge in [-0.25, -0.2) is 13.4 Å². The lowest BCUT2D eigenvalue weighted by molar-refractivity contribution is -0.119. The van der Waals surface area contributed by atoms with Crippen molar-refractivity contribution in [2.45, 2.75) is 30.2 Å². The van der Waals surface area contributed by atoms with Gasteiger partial charge in [0, 0.05) is 29.1 Å². The maximum atomic E-state index is 13.0. The second-order valence-electron chi connectivity index (χ2n) is 7.01. The second kappa shape index (κ2) is 8.85. The number of carbonyl (C=O) groups excluding carboxylic acids is 1. The van der Waals surface area contributed by atoms with E-state index in [1.807, 2.05) is 24.3 Å². The molecule has 0 saturated carbocycles. The molecular formula is C21H20ClN3O3S2. The van der Waals surface area contributed by atoms with Gasteiger partial charge in [0.25, 0.3) is 0 Å². The van der Waals surface area contributed by atoms with Crippen LogP contribution in [-0.2, 0) is 21.2 Å². The van der Waals surface area contributed by atoms with Gasteiger partial charge in [-0.15, -0.1) is 11.3 Å². The number of amides is 1. The highest BCUT2D eigenvalue weighted by Gasteiger charge is 2.39. The monoisotopic (exact) mass is 461 g/mol. The highest BCUT2D eigenvalue weighted by atomic mass is 35.5. The first kappa shape index (κ1) is 21.0. The van der Waals surface area contributed by atoms with Crippen LogP contribution in [0.1, 0.15) is 23.3 Å². The lowest BCUT2D eigenvalue weighted by Crippen LogP contribution is -2.43. The Morgan fingerprint density at radius 2 is 2.00 bits per heavy atom. The zero-order chi connectivity index (χ0) is 21.1. The molecular weight excluding hydrogens is 442 g/mol. The Morgan fingerprint density at radius 1 is 1.20 bits per heavy atom. The minimum atomic E-state index is -3.72. The van der Waals surface area contributed by atoms with Crippen molar-refractivity contribution in [1.29, 1.82) is 0 Å². The topological polar surface area (TPSA) is 79.4 Å². The van der Waals surface area contributed by atoms with Crippen LogP contribution < -0.4 is 5.32 Å². The van der Waals surface area contributed by atoms with Crippen molar-refractivity contribution in [3.63, 3.8) is 0 Å². The molecule has 9 heteroatoms. The molecule has 1 aliphatic heterocycles. The van der Waals surface area contributed by atoms with Crippen LogP contribution in [0, 0.1) is 0 Å². The molecule has 1 unspecified atom stereocenters. The number of carbonyl (C=O) groups is 1. The van der Waals surface area contributed by atoms with Crippen molar-refractivity contribution in [1.82, 2.24) is 9.29 Å². The van der Waals surface area contributed by atoms with Crippen molar-refractivity contribution >= 4 is 44.0 Å². The summed E-state index contributed by atoms with van der Waals surface area (Å²) in [4.78, 5) is 18.3. The molecule has 0 bridgehead atoms. The van der Waals surface area contributed by atoms with E-state index in [4.69, 9.17) is 11.6 Å². The Kier molecular flexibility index (Phi) is 6.19. The Morgan fingerprint density at radius 3 is 2.77 bits per heavy atom. The number of hydrogen-bond acceptors (Lipinski definition) is 5. The Balaban J connectivity index is 1.45. The van der Waals surface area contributed by atoms with Gasteiger partial charge in [0.05, 0.1) is 4.90 Å². The molecule has 4 rings (SSSR count). The van der Waals surface area contributed by atoms with Crippen molar-refractivity contribution in [2.75, 3.05) is 11.9 Å². The van der Waals surface area contributed by atoms with E-state index in [0.29, 0.717) is 36.0 Å². The van der Waals surface area contributed by atoms with Gasteiger partial charge >= 0.3 is 0 Å². The molecule has 1 amide bonds. The fourth-order valence-corrected chi connectivity index (χ4v) is 6.24. The summed E-state index contributed by atoms with van der Waals surface area (Å²) in [5.41, 5.74) is 1.06. The van der Waals surface area contributed by atoms with Crippen LogP contribution in [0.3, 0.4) is 0 Å². The normalized spacial score (nSPS) is 17.2. The van der Waals surface area contributed by atoms with Crippen LogP contribution >= 0.6 is 22.9 Å². The lowest BCUT2D eigenvalue weighted by Gasteiger charge is -2.23. The summed E-state index contributed by atoms with van der Waals surface area (Å²) < 4.78 is 27.2. The van der Waals surface area contributed by atoms with Crippen LogP contribution in [0.2, 0.25) is 5.02 Å². The first-order valence-corrected chi connectivity index (χ1v) is 12.1. The molecule has 6 nitrogen and oxygen atoms in total. The summed E-state index contributed by atoms with van der Waals surface area (Å²) in [5.74, 6) is -0.351. The molecule has 0 aliphatic carbocycles. The largest absolute Gasteiger partial charge is 0.301 e. The van der Waals surface area contributed by atoms with Crippen LogP contribution in [0.15, 0.2) is 65.7 Å².